The topological polar surface area (TPSA) is 83.5 Å². The van der Waals surface area contributed by atoms with E-state index in [4.69, 9.17) is 5.11 Å². The first kappa shape index (κ1) is 17.9. The van der Waals surface area contributed by atoms with Gasteiger partial charge in [-0.1, -0.05) is 6.07 Å². The molecule has 0 aliphatic carbocycles. The molecule has 2 aromatic rings. The van der Waals surface area contributed by atoms with Gasteiger partial charge in [-0.2, -0.15) is 0 Å². The van der Waals surface area contributed by atoms with Gasteiger partial charge in [-0.15, -0.1) is 11.3 Å². The normalized spacial score (nSPS) is 11.2. The van der Waals surface area contributed by atoms with Crippen molar-refractivity contribution in [3.05, 3.63) is 45.8 Å². The van der Waals surface area contributed by atoms with Gasteiger partial charge < -0.3 is 10.4 Å². The van der Waals surface area contributed by atoms with Gasteiger partial charge in [0.15, 0.2) is 6.29 Å². The Morgan fingerprint density at radius 1 is 1.21 bits per heavy atom. The predicted molar refractivity (Wildman–Crippen MR) is 94.1 cm³/mol. The molecule has 0 saturated carbocycles. The van der Waals surface area contributed by atoms with E-state index in [1.807, 2.05) is 27.7 Å². The fraction of sp³-hybridized carbons (Fsp3) is 0.278. The van der Waals surface area contributed by atoms with Gasteiger partial charge in [-0.3, -0.25) is 9.59 Å². The third-order valence-electron chi connectivity index (χ3n) is 3.33. The summed E-state index contributed by atoms with van der Waals surface area (Å²) in [4.78, 5) is 35.9. The van der Waals surface area contributed by atoms with Crippen LogP contribution in [-0.2, 0) is 0 Å². The molecule has 0 bridgehead atoms. The van der Waals surface area contributed by atoms with Crippen LogP contribution in [0.3, 0.4) is 0 Å². The molecule has 2 N–H and O–H groups in total. The summed E-state index contributed by atoms with van der Waals surface area (Å²) >= 11 is 1.18. The monoisotopic (exact) mass is 345 g/mol. The number of carboxylic acids is 1. The zero-order valence-corrected chi connectivity index (χ0v) is 14.8. The fourth-order valence-corrected chi connectivity index (χ4v) is 3.32. The van der Waals surface area contributed by atoms with Crippen molar-refractivity contribution in [2.75, 3.05) is 0 Å². The Morgan fingerprint density at radius 3 is 2.42 bits per heavy atom. The van der Waals surface area contributed by atoms with Crippen LogP contribution < -0.4 is 5.32 Å². The number of benzene rings is 1. The maximum atomic E-state index is 12.4. The molecule has 1 heterocycles. The lowest BCUT2D eigenvalue weighted by Crippen LogP contribution is -2.40. The number of carbonyl (C=O) groups is 3. The highest BCUT2D eigenvalue weighted by Gasteiger charge is 2.22. The zero-order chi connectivity index (χ0) is 18.1. The number of carboxylic acid groups (broad SMARTS) is 1. The minimum absolute atomic E-state index is 0.164. The number of rotatable bonds is 4. The minimum atomic E-state index is -1.02. The van der Waals surface area contributed by atoms with Gasteiger partial charge in [0.25, 0.3) is 5.91 Å². The molecule has 1 aromatic carbocycles. The maximum absolute atomic E-state index is 12.4. The highest BCUT2D eigenvalue weighted by molar-refractivity contribution is 7.17. The molecule has 0 fully saturated rings. The number of nitrogens with one attached hydrogen (secondary N) is 1. The first-order valence-corrected chi connectivity index (χ1v) is 8.20. The molecule has 0 aliphatic heterocycles. The SMILES string of the molecule is Cc1ccc(C(=O)O)cc1-c1cc(C=O)c(C(=O)NC(C)(C)C)s1. The molecule has 0 saturated heterocycles. The standard InChI is InChI=1S/C18H19NO4S/c1-10-5-6-11(17(22)23)7-13(10)14-8-12(9-20)15(24-14)16(21)19-18(2,3)4/h5-9H,1-4H3,(H,19,21)(H,22,23). The second-order valence-electron chi connectivity index (χ2n) is 6.55. The fourth-order valence-electron chi connectivity index (χ4n) is 2.22. The average molecular weight is 345 g/mol. The zero-order valence-electron chi connectivity index (χ0n) is 14.0. The summed E-state index contributed by atoms with van der Waals surface area (Å²) < 4.78 is 0. The van der Waals surface area contributed by atoms with Gasteiger partial charge in [-0.05, 0) is 57.0 Å². The molecule has 0 radical (unpaired) electrons. The van der Waals surface area contributed by atoms with Crippen molar-refractivity contribution in [3.63, 3.8) is 0 Å². The van der Waals surface area contributed by atoms with E-state index in [-0.39, 0.29) is 11.5 Å². The minimum Gasteiger partial charge on any atom is -0.478 e. The predicted octanol–water partition coefficient (Wildman–Crippen LogP) is 3.76. The first-order chi connectivity index (χ1) is 11.1. The molecule has 0 aliphatic rings. The Bertz CT molecular complexity index is 815. The van der Waals surface area contributed by atoms with Crippen LogP contribution in [0.4, 0.5) is 0 Å². The summed E-state index contributed by atoms with van der Waals surface area (Å²) in [7, 11) is 0. The van der Waals surface area contributed by atoms with E-state index in [9.17, 15) is 14.4 Å². The smallest absolute Gasteiger partial charge is 0.335 e. The summed E-state index contributed by atoms with van der Waals surface area (Å²) in [5.41, 5.74) is 1.63. The molecule has 0 spiro atoms. The molecule has 5 nitrogen and oxygen atoms in total. The summed E-state index contributed by atoms with van der Waals surface area (Å²) in [6.45, 7) is 7.44. The lowest BCUT2D eigenvalue weighted by Gasteiger charge is -2.20. The van der Waals surface area contributed by atoms with E-state index in [1.165, 1.54) is 17.4 Å². The van der Waals surface area contributed by atoms with Crippen molar-refractivity contribution in [1.82, 2.24) is 5.32 Å². The number of thiophene rings is 1. The molecule has 1 aromatic heterocycles. The van der Waals surface area contributed by atoms with E-state index >= 15 is 0 Å². The van der Waals surface area contributed by atoms with Crippen LogP contribution in [0.25, 0.3) is 10.4 Å². The molecule has 1 amide bonds. The van der Waals surface area contributed by atoms with Gasteiger partial charge >= 0.3 is 5.97 Å². The van der Waals surface area contributed by atoms with Crippen LogP contribution in [0.15, 0.2) is 24.3 Å². The van der Waals surface area contributed by atoms with E-state index in [2.05, 4.69) is 5.32 Å². The molecular weight excluding hydrogens is 326 g/mol. The van der Waals surface area contributed by atoms with Crippen LogP contribution in [0.2, 0.25) is 0 Å². The first-order valence-electron chi connectivity index (χ1n) is 7.38. The van der Waals surface area contributed by atoms with Crippen molar-refractivity contribution >= 4 is 29.5 Å². The molecule has 24 heavy (non-hydrogen) atoms. The Labute approximate surface area is 144 Å². The van der Waals surface area contributed by atoms with Crippen LogP contribution >= 0.6 is 11.3 Å². The van der Waals surface area contributed by atoms with Crippen LogP contribution in [0.5, 0.6) is 0 Å². The van der Waals surface area contributed by atoms with E-state index in [0.29, 0.717) is 27.2 Å². The molecule has 0 atom stereocenters. The maximum Gasteiger partial charge on any atom is 0.335 e. The Morgan fingerprint density at radius 2 is 1.88 bits per heavy atom. The van der Waals surface area contributed by atoms with E-state index in [1.54, 1.807) is 18.2 Å². The summed E-state index contributed by atoms with van der Waals surface area (Å²) in [5.74, 6) is -1.33. The quantitative estimate of drug-likeness (QED) is 0.827. The Balaban J connectivity index is 2.51. The number of carbonyl (C=O) groups excluding carboxylic acids is 2. The van der Waals surface area contributed by atoms with Gasteiger partial charge in [-0.25, -0.2) is 4.79 Å². The second-order valence-corrected chi connectivity index (χ2v) is 7.60. The van der Waals surface area contributed by atoms with Gasteiger partial charge in [0.1, 0.15) is 4.88 Å². The number of aromatic carboxylic acids is 1. The number of amides is 1. The van der Waals surface area contributed by atoms with Crippen LogP contribution in [0, 0.1) is 6.92 Å². The second kappa shape index (κ2) is 6.57. The van der Waals surface area contributed by atoms with Crippen molar-refractivity contribution in [3.8, 4) is 10.4 Å². The van der Waals surface area contributed by atoms with Crippen molar-refractivity contribution in [2.45, 2.75) is 33.2 Å². The molecule has 6 heteroatoms. The molecule has 0 unspecified atom stereocenters. The number of aldehydes is 1. The van der Waals surface area contributed by atoms with E-state index in [0.717, 1.165) is 5.56 Å². The molecule has 2 rings (SSSR count). The van der Waals surface area contributed by atoms with Crippen LogP contribution in [0.1, 0.15) is 56.7 Å². The summed E-state index contributed by atoms with van der Waals surface area (Å²) in [6.07, 6.45) is 0.647. The lowest BCUT2D eigenvalue weighted by molar-refractivity contribution is 0.0696. The Hall–Kier alpha value is -2.47. The third-order valence-corrected chi connectivity index (χ3v) is 4.52. The third kappa shape index (κ3) is 3.89. The van der Waals surface area contributed by atoms with Crippen molar-refractivity contribution < 1.29 is 19.5 Å². The highest BCUT2D eigenvalue weighted by atomic mass is 32.1. The largest absolute Gasteiger partial charge is 0.478 e. The number of hydrogen-bond acceptors (Lipinski definition) is 4. The number of hydrogen-bond donors (Lipinski definition) is 2. The summed E-state index contributed by atoms with van der Waals surface area (Å²) in [6, 6.07) is 6.43. The van der Waals surface area contributed by atoms with Crippen LogP contribution in [-0.4, -0.2) is 28.8 Å². The Kier molecular flexibility index (Phi) is 4.89. The van der Waals surface area contributed by atoms with E-state index < -0.39 is 11.5 Å². The average Bonchev–Trinajstić information content (AvgIpc) is 2.89. The lowest BCUT2D eigenvalue weighted by atomic mass is 10.0. The molecule has 126 valence electrons. The van der Waals surface area contributed by atoms with Gasteiger partial charge in [0.2, 0.25) is 0 Å². The van der Waals surface area contributed by atoms with Crippen molar-refractivity contribution in [1.29, 1.82) is 0 Å². The van der Waals surface area contributed by atoms with Gasteiger partial charge in [0.05, 0.1) is 5.56 Å². The van der Waals surface area contributed by atoms with Gasteiger partial charge in [0, 0.05) is 16.0 Å². The highest BCUT2D eigenvalue weighted by Crippen LogP contribution is 2.34. The van der Waals surface area contributed by atoms with Crippen molar-refractivity contribution in [2.24, 2.45) is 0 Å². The number of aryl methyl sites for hydroxylation is 1. The summed E-state index contributed by atoms with van der Waals surface area (Å²) in [5, 5.41) is 12.0. The molecular formula is C18H19NO4S.